The van der Waals surface area contributed by atoms with Gasteiger partial charge in [0.1, 0.15) is 6.61 Å². The van der Waals surface area contributed by atoms with Crippen molar-refractivity contribution in [3.63, 3.8) is 0 Å². The highest BCUT2D eigenvalue weighted by Crippen LogP contribution is 2.01. The fourth-order valence-corrected chi connectivity index (χ4v) is 1.24. The number of hydrogen-bond donors (Lipinski definition) is 0. The van der Waals surface area contributed by atoms with Crippen LogP contribution < -0.4 is 0 Å². The molecule has 0 saturated heterocycles. The number of ether oxygens (including phenoxy) is 1. The summed E-state index contributed by atoms with van der Waals surface area (Å²) in [6, 6.07) is 0. The zero-order valence-electron chi connectivity index (χ0n) is 7.92. The van der Waals surface area contributed by atoms with Gasteiger partial charge in [-0.05, 0) is 19.6 Å². The van der Waals surface area contributed by atoms with Crippen LogP contribution in [-0.2, 0) is 14.0 Å². The minimum absolute atomic E-state index is 0.315. The van der Waals surface area contributed by atoms with Gasteiger partial charge in [-0.3, -0.25) is 0 Å². The molecule has 0 bridgehead atoms. The van der Waals surface area contributed by atoms with Crippen LogP contribution in [0.15, 0.2) is 12.7 Å². The number of rotatable bonds is 5. The molecule has 0 heterocycles. The summed E-state index contributed by atoms with van der Waals surface area (Å²) in [5.41, 5.74) is 0. The Hall–Kier alpha value is -0.613. The monoisotopic (exact) mass is 188 g/mol. The first-order chi connectivity index (χ1) is 5.45. The topological polar surface area (TPSA) is 35.5 Å². The molecule has 0 amide bonds. The van der Waals surface area contributed by atoms with Crippen molar-refractivity contribution < 1.29 is 14.0 Å². The van der Waals surface area contributed by atoms with Crippen LogP contribution in [-0.4, -0.2) is 27.5 Å². The van der Waals surface area contributed by atoms with Gasteiger partial charge in [0.2, 0.25) is 0 Å². The third-order valence-electron chi connectivity index (χ3n) is 1.03. The van der Waals surface area contributed by atoms with Crippen molar-refractivity contribution in [1.82, 2.24) is 0 Å². The molecule has 12 heavy (non-hydrogen) atoms. The Labute approximate surface area is 74.5 Å². The van der Waals surface area contributed by atoms with E-state index in [0.717, 1.165) is 6.08 Å². The average molecular weight is 188 g/mol. The van der Waals surface area contributed by atoms with Gasteiger partial charge < -0.3 is 9.16 Å². The lowest BCUT2D eigenvalue weighted by molar-refractivity contribution is -0.138. The second-order valence-electron chi connectivity index (χ2n) is 3.33. The number of carbonyl (C=O) groups excluding carboxylic acids is 1. The molecule has 0 spiro atoms. The summed E-state index contributed by atoms with van der Waals surface area (Å²) < 4.78 is 10.2. The van der Waals surface area contributed by atoms with Crippen molar-refractivity contribution in [2.75, 3.05) is 13.2 Å². The molecule has 70 valence electrons. The van der Waals surface area contributed by atoms with Gasteiger partial charge >= 0.3 is 5.97 Å². The molecule has 0 aromatic rings. The van der Waals surface area contributed by atoms with Crippen LogP contribution >= 0.6 is 0 Å². The van der Waals surface area contributed by atoms with Gasteiger partial charge in [0.25, 0.3) is 0 Å². The first-order valence-corrected chi connectivity index (χ1v) is 7.29. The van der Waals surface area contributed by atoms with E-state index < -0.39 is 14.3 Å². The second-order valence-corrected chi connectivity index (χ2v) is 7.85. The Balaban J connectivity index is 3.34. The molecule has 0 N–H and O–H groups in total. The molecule has 0 aromatic heterocycles. The lowest BCUT2D eigenvalue weighted by atomic mass is 10.6. The molecule has 4 heteroatoms. The van der Waals surface area contributed by atoms with E-state index >= 15 is 0 Å². The predicted molar refractivity (Wildman–Crippen MR) is 50.5 cm³/mol. The third-order valence-corrected chi connectivity index (χ3v) is 2.10. The van der Waals surface area contributed by atoms with Gasteiger partial charge in [-0.25, -0.2) is 4.79 Å². The van der Waals surface area contributed by atoms with Gasteiger partial charge in [0.15, 0.2) is 8.32 Å². The van der Waals surface area contributed by atoms with Gasteiger partial charge in [0.05, 0.1) is 6.61 Å². The summed E-state index contributed by atoms with van der Waals surface area (Å²) in [6.07, 6.45) is 1.15. The quantitative estimate of drug-likeness (QED) is 0.284. The van der Waals surface area contributed by atoms with Crippen molar-refractivity contribution in [2.24, 2.45) is 0 Å². The molecular weight excluding hydrogens is 172 g/mol. The maximum absolute atomic E-state index is 10.6. The smallest absolute Gasteiger partial charge is 0.330 e. The summed E-state index contributed by atoms with van der Waals surface area (Å²) >= 11 is 0. The number of esters is 1. The van der Waals surface area contributed by atoms with E-state index in [4.69, 9.17) is 9.16 Å². The van der Waals surface area contributed by atoms with Gasteiger partial charge in [-0.1, -0.05) is 6.58 Å². The van der Waals surface area contributed by atoms with Gasteiger partial charge in [0, 0.05) is 6.08 Å². The molecule has 0 rings (SSSR count). The Morgan fingerprint density at radius 3 is 2.42 bits per heavy atom. The van der Waals surface area contributed by atoms with Crippen molar-refractivity contribution in [1.29, 1.82) is 0 Å². The molecule has 0 aliphatic heterocycles. The van der Waals surface area contributed by atoms with Crippen molar-refractivity contribution in [3.05, 3.63) is 12.7 Å². The molecule has 0 fully saturated rings. The summed E-state index contributed by atoms with van der Waals surface area (Å²) in [6.45, 7) is 10.3. The fourth-order valence-electron chi connectivity index (χ4n) is 0.549. The maximum Gasteiger partial charge on any atom is 0.330 e. The van der Waals surface area contributed by atoms with Crippen LogP contribution in [0.1, 0.15) is 0 Å². The Kier molecular flexibility index (Phi) is 4.85. The van der Waals surface area contributed by atoms with E-state index in [1.165, 1.54) is 0 Å². The van der Waals surface area contributed by atoms with Crippen molar-refractivity contribution in [3.8, 4) is 0 Å². The van der Waals surface area contributed by atoms with E-state index in [-0.39, 0.29) is 0 Å². The minimum atomic E-state index is -1.46. The molecule has 0 aromatic carbocycles. The Bertz CT molecular complexity index is 160. The Morgan fingerprint density at radius 2 is 2.00 bits per heavy atom. The van der Waals surface area contributed by atoms with Crippen LogP contribution in [0.2, 0.25) is 19.6 Å². The molecule has 0 aliphatic rings. The van der Waals surface area contributed by atoms with Gasteiger partial charge in [-0.2, -0.15) is 0 Å². The van der Waals surface area contributed by atoms with Crippen LogP contribution in [0, 0.1) is 0 Å². The van der Waals surface area contributed by atoms with Crippen LogP contribution in [0.4, 0.5) is 0 Å². The highest BCUT2D eigenvalue weighted by Gasteiger charge is 2.13. The minimum Gasteiger partial charge on any atom is -0.460 e. The zero-order chi connectivity index (χ0) is 9.61. The first kappa shape index (κ1) is 11.4. The summed E-state index contributed by atoms with van der Waals surface area (Å²) in [4.78, 5) is 10.6. The molecule has 0 unspecified atom stereocenters. The fraction of sp³-hybridized carbons (Fsp3) is 0.625. The standard InChI is InChI=1S/C8H16O3Si/c1-5-8(9)10-6-7-11-12(2,3)4/h5H,1,6-7H2,2-4H3. The molecule has 0 saturated carbocycles. The second kappa shape index (κ2) is 5.11. The highest BCUT2D eigenvalue weighted by atomic mass is 28.4. The summed E-state index contributed by atoms with van der Waals surface area (Å²) in [5.74, 6) is -0.394. The van der Waals surface area contributed by atoms with E-state index in [1.807, 2.05) is 0 Å². The van der Waals surface area contributed by atoms with E-state index in [1.54, 1.807) is 0 Å². The SMILES string of the molecule is C=CC(=O)OCCO[Si](C)(C)C. The molecule has 0 atom stereocenters. The van der Waals surface area contributed by atoms with Crippen molar-refractivity contribution in [2.45, 2.75) is 19.6 Å². The largest absolute Gasteiger partial charge is 0.460 e. The third kappa shape index (κ3) is 7.49. The van der Waals surface area contributed by atoms with Crippen LogP contribution in [0.3, 0.4) is 0 Å². The van der Waals surface area contributed by atoms with Gasteiger partial charge in [-0.15, -0.1) is 0 Å². The van der Waals surface area contributed by atoms with E-state index in [2.05, 4.69) is 26.2 Å². The number of carbonyl (C=O) groups is 1. The first-order valence-electron chi connectivity index (χ1n) is 3.89. The predicted octanol–water partition coefficient (Wildman–Crippen LogP) is 1.57. The lowest BCUT2D eigenvalue weighted by Crippen LogP contribution is -2.27. The zero-order valence-corrected chi connectivity index (χ0v) is 8.92. The van der Waals surface area contributed by atoms with E-state index in [0.29, 0.717) is 13.2 Å². The summed E-state index contributed by atoms with van der Waals surface area (Å²) in [5, 5.41) is 0. The number of hydrogen-bond acceptors (Lipinski definition) is 3. The van der Waals surface area contributed by atoms with Crippen LogP contribution in [0.25, 0.3) is 0 Å². The normalized spacial score (nSPS) is 10.9. The maximum atomic E-state index is 10.6. The lowest BCUT2D eigenvalue weighted by Gasteiger charge is -2.16. The van der Waals surface area contributed by atoms with E-state index in [9.17, 15) is 4.79 Å². The highest BCUT2D eigenvalue weighted by molar-refractivity contribution is 6.69. The molecule has 3 nitrogen and oxygen atoms in total. The average Bonchev–Trinajstić information content (AvgIpc) is 1.96. The summed E-state index contributed by atoms with van der Waals surface area (Å²) in [7, 11) is -1.46. The Morgan fingerprint density at radius 1 is 1.42 bits per heavy atom. The molecular formula is C8H16O3Si. The van der Waals surface area contributed by atoms with Crippen molar-refractivity contribution >= 4 is 14.3 Å². The van der Waals surface area contributed by atoms with Crippen LogP contribution in [0.5, 0.6) is 0 Å². The molecule has 0 aliphatic carbocycles. The molecule has 0 radical (unpaired) electrons.